The van der Waals surface area contributed by atoms with E-state index in [0.717, 1.165) is 0 Å². The Bertz CT molecular complexity index is 1120. The van der Waals surface area contributed by atoms with Crippen LogP contribution in [0, 0.1) is 59.3 Å². The summed E-state index contributed by atoms with van der Waals surface area (Å²) in [5.74, 6) is 2.01. The van der Waals surface area contributed by atoms with Gasteiger partial charge in [0.25, 0.3) is 0 Å². The van der Waals surface area contributed by atoms with Gasteiger partial charge in [-0.15, -0.1) is 0 Å². The Balaban J connectivity index is 0.000000608. The molecule has 0 atom stereocenters. The molecule has 0 saturated carbocycles. The molecule has 43 heavy (non-hydrogen) atoms. The van der Waals surface area contributed by atoms with Gasteiger partial charge in [0.2, 0.25) is 0 Å². The van der Waals surface area contributed by atoms with Gasteiger partial charge in [0.1, 0.15) is 0 Å². The summed E-state index contributed by atoms with van der Waals surface area (Å²) in [4.78, 5) is 0. The number of hydrogen-bond donors (Lipinski definition) is 0. The Morgan fingerprint density at radius 3 is 0.674 bits per heavy atom. The van der Waals surface area contributed by atoms with Crippen LogP contribution in [0.5, 0.6) is 0 Å². The minimum atomic E-state index is 0. The lowest BCUT2D eigenvalue weighted by atomic mass is 9.74. The summed E-state index contributed by atoms with van der Waals surface area (Å²) in [7, 11) is 0. The lowest BCUT2D eigenvalue weighted by Gasteiger charge is -2.30. The predicted molar refractivity (Wildman–Crippen MR) is 198 cm³/mol. The van der Waals surface area contributed by atoms with Crippen molar-refractivity contribution in [3.8, 4) is 0 Å². The number of hydrogen-bond acceptors (Lipinski definition) is 0. The molecule has 0 bridgehead atoms. The molecule has 0 aromatic heterocycles. The Morgan fingerprint density at radius 1 is 0.349 bits per heavy atom. The normalized spacial score (nSPS) is 11.9. The highest BCUT2D eigenvalue weighted by atomic mass is 14.3. The minimum absolute atomic E-state index is 0. The van der Waals surface area contributed by atoms with Gasteiger partial charge in [-0.1, -0.05) is 145 Å². The second kappa shape index (κ2) is 16.1. The first-order valence-corrected chi connectivity index (χ1v) is 16.3. The van der Waals surface area contributed by atoms with Crippen LogP contribution in [0.25, 0.3) is 0 Å². The van der Waals surface area contributed by atoms with Crippen molar-refractivity contribution in [3.63, 3.8) is 0 Å². The highest BCUT2D eigenvalue weighted by Gasteiger charge is 2.26. The number of aryl methyl sites for hydroxylation is 6. The van der Waals surface area contributed by atoms with E-state index in [1.165, 1.54) is 50.1 Å². The van der Waals surface area contributed by atoms with Crippen molar-refractivity contribution in [3.05, 3.63) is 105 Å². The van der Waals surface area contributed by atoms with Crippen molar-refractivity contribution in [2.45, 2.75) is 148 Å². The third kappa shape index (κ3) is 10.7. The molecule has 0 unspecified atom stereocenters. The van der Waals surface area contributed by atoms with Gasteiger partial charge in [0, 0.05) is 0 Å². The van der Waals surface area contributed by atoms with Crippen LogP contribution in [0.15, 0.2) is 54.6 Å². The summed E-state index contributed by atoms with van der Waals surface area (Å²) in [5, 5.41) is 0. The standard InChI is InChI=1S/3C14H22.CH4/c3*1-10(2)14(5,6)13-8-7-11(3)12(4)9-13;/h3*7-10H,1-6H3;1H4. The Kier molecular flexibility index (Phi) is 15.2. The molecule has 242 valence electrons. The maximum absolute atomic E-state index is 2.33. The Hall–Kier alpha value is -2.34. The van der Waals surface area contributed by atoms with E-state index in [-0.39, 0.29) is 23.7 Å². The topological polar surface area (TPSA) is 0 Å². The lowest BCUT2D eigenvalue weighted by molar-refractivity contribution is 0.372. The molecule has 3 aromatic rings. The van der Waals surface area contributed by atoms with E-state index in [1.54, 1.807) is 0 Å². The van der Waals surface area contributed by atoms with Gasteiger partial charge in [0.05, 0.1) is 0 Å². The molecule has 0 N–H and O–H groups in total. The molecular formula is C43H70. The Labute approximate surface area is 270 Å². The summed E-state index contributed by atoms with van der Waals surface area (Å²) >= 11 is 0. The van der Waals surface area contributed by atoms with Crippen LogP contribution in [0.1, 0.15) is 141 Å². The smallest absolute Gasteiger partial charge is 0.00805 e. The number of rotatable bonds is 6. The molecule has 0 heterocycles. The third-order valence-electron chi connectivity index (χ3n) is 11.1. The van der Waals surface area contributed by atoms with E-state index in [4.69, 9.17) is 0 Å². The summed E-state index contributed by atoms with van der Waals surface area (Å²) < 4.78 is 0. The van der Waals surface area contributed by atoms with Crippen molar-refractivity contribution < 1.29 is 0 Å². The Morgan fingerprint density at radius 2 is 0.535 bits per heavy atom. The maximum Gasteiger partial charge on any atom is -0.00805 e. The zero-order valence-corrected chi connectivity index (χ0v) is 30.9. The van der Waals surface area contributed by atoms with Crippen LogP contribution in [-0.4, -0.2) is 0 Å². The molecule has 0 saturated heterocycles. The fourth-order valence-corrected chi connectivity index (χ4v) is 4.43. The van der Waals surface area contributed by atoms with Gasteiger partial charge in [0.15, 0.2) is 0 Å². The molecule has 0 radical (unpaired) electrons. The second-order valence-corrected chi connectivity index (χ2v) is 15.5. The van der Waals surface area contributed by atoms with E-state index in [1.807, 2.05) is 0 Å². The van der Waals surface area contributed by atoms with Crippen LogP contribution in [0.2, 0.25) is 0 Å². The fourth-order valence-electron chi connectivity index (χ4n) is 4.43. The highest BCUT2D eigenvalue weighted by Crippen LogP contribution is 2.34. The average Bonchev–Trinajstić information content (AvgIpc) is 2.89. The summed E-state index contributed by atoms with van der Waals surface area (Å²) in [6.45, 7) is 40.7. The van der Waals surface area contributed by atoms with Gasteiger partial charge in [-0.05, 0) is 126 Å². The van der Waals surface area contributed by atoms with Gasteiger partial charge < -0.3 is 0 Å². The number of benzene rings is 3. The summed E-state index contributed by atoms with van der Waals surface area (Å²) in [6, 6.07) is 20.5. The molecule has 0 aliphatic heterocycles. The van der Waals surface area contributed by atoms with Gasteiger partial charge >= 0.3 is 0 Å². The lowest BCUT2D eigenvalue weighted by Crippen LogP contribution is -2.24. The van der Waals surface area contributed by atoms with E-state index in [2.05, 4.69) is 179 Å². The van der Waals surface area contributed by atoms with E-state index in [0.29, 0.717) is 17.8 Å². The summed E-state index contributed by atoms with van der Waals surface area (Å²) in [6.07, 6.45) is 0. The molecular weight excluding hydrogens is 516 g/mol. The first-order chi connectivity index (χ1) is 19.1. The van der Waals surface area contributed by atoms with Crippen molar-refractivity contribution in [2.24, 2.45) is 17.8 Å². The van der Waals surface area contributed by atoms with Crippen LogP contribution in [0.3, 0.4) is 0 Å². The SMILES string of the molecule is C.Cc1ccc(C(C)(C)C(C)C)cc1C.Cc1ccc(C(C)(C)C(C)C)cc1C.Cc1ccc(C(C)(C)C(C)C)cc1C. The monoisotopic (exact) mass is 587 g/mol. The third-order valence-corrected chi connectivity index (χ3v) is 11.1. The van der Waals surface area contributed by atoms with Gasteiger partial charge in [-0.25, -0.2) is 0 Å². The zero-order chi connectivity index (χ0) is 32.8. The van der Waals surface area contributed by atoms with Crippen LogP contribution >= 0.6 is 0 Å². The molecule has 0 heteroatoms. The molecule has 3 rings (SSSR count). The molecule has 0 fully saturated rings. The first-order valence-electron chi connectivity index (χ1n) is 16.3. The molecule has 0 aliphatic rings. The molecule has 0 nitrogen and oxygen atoms in total. The zero-order valence-electron chi connectivity index (χ0n) is 30.9. The fraction of sp³-hybridized carbons (Fsp3) is 0.581. The van der Waals surface area contributed by atoms with E-state index >= 15 is 0 Å². The van der Waals surface area contributed by atoms with Crippen molar-refractivity contribution in [2.75, 3.05) is 0 Å². The van der Waals surface area contributed by atoms with Crippen LogP contribution in [0.4, 0.5) is 0 Å². The largest absolute Gasteiger partial charge is 0.0776 e. The second-order valence-electron chi connectivity index (χ2n) is 15.5. The van der Waals surface area contributed by atoms with Gasteiger partial charge in [-0.3, -0.25) is 0 Å². The molecule has 0 amide bonds. The van der Waals surface area contributed by atoms with E-state index in [9.17, 15) is 0 Å². The summed E-state index contributed by atoms with van der Waals surface area (Å²) in [5.41, 5.74) is 13.5. The highest BCUT2D eigenvalue weighted by molar-refractivity contribution is 5.36. The quantitative estimate of drug-likeness (QED) is 0.269. The maximum atomic E-state index is 2.33. The minimum Gasteiger partial charge on any atom is -0.0776 e. The molecule has 0 spiro atoms. The van der Waals surface area contributed by atoms with Crippen molar-refractivity contribution >= 4 is 0 Å². The van der Waals surface area contributed by atoms with Crippen LogP contribution < -0.4 is 0 Å². The molecule has 3 aromatic carbocycles. The van der Waals surface area contributed by atoms with Crippen LogP contribution in [-0.2, 0) is 16.2 Å². The molecule has 0 aliphatic carbocycles. The predicted octanol–water partition coefficient (Wildman–Crippen LogP) is 13.3. The van der Waals surface area contributed by atoms with Crippen molar-refractivity contribution in [1.82, 2.24) is 0 Å². The average molecular weight is 587 g/mol. The van der Waals surface area contributed by atoms with Crippen molar-refractivity contribution in [1.29, 1.82) is 0 Å². The van der Waals surface area contributed by atoms with E-state index < -0.39 is 0 Å². The first kappa shape index (κ1) is 40.7. The van der Waals surface area contributed by atoms with Gasteiger partial charge in [-0.2, -0.15) is 0 Å².